The number of ether oxygens (including phenoxy) is 3. The molecule has 0 spiro atoms. The topological polar surface area (TPSA) is 90.9 Å². The number of Topliss-reactive ketones (excluding diaryl/α,β-unsaturated/α-hetero) is 1. The molecule has 0 bridgehead atoms. The number of benzene rings is 3. The van der Waals surface area contributed by atoms with Gasteiger partial charge in [0.25, 0.3) is 11.8 Å². The van der Waals surface area contributed by atoms with Crippen LogP contribution in [0.3, 0.4) is 0 Å². The predicted octanol–water partition coefficient (Wildman–Crippen LogP) is 4.70. The quantitative estimate of drug-likeness (QED) is 0.323. The van der Waals surface area contributed by atoms with Gasteiger partial charge in [-0.3, -0.25) is 19.7 Å². The molecule has 174 valence electrons. The summed E-state index contributed by atoms with van der Waals surface area (Å²) in [5.74, 6) is -0.215. The molecule has 7 nitrogen and oxygen atoms in total. The minimum Gasteiger partial charge on any atom is -0.493 e. The van der Waals surface area contributed by atoms with Crippen LogP contribution in [0.5, 0.6) is 17.2 Å². The Morgan fingerprint density at radius 3 is 2.29 bits per heavy atom. The minimum atomic E-state index is -0.645. The number of para-hydroxylation sites is 1. The lowest BCUT2D eigenvalue weighted by molar-refractivity contribution is -0.115. The molecule has 3 aromatic rings. The molecule has 1 N–H and O–H groups in total. The Kier molecular flexibility index (Phi) is 8.59. The number of methoxy groups -OCH3 is 2. The largest absolute Gasteiger partial charge is 0.493 e. The zero-order valence-corrected chi connectivity index (χ0v) is 20.1. The summed E-state index contributed by atoms with van der Waals surface area (Å²) in [5, 5.41) is 2.29. The minimum absolute atomic E-state index is 0.138. The van der Waals surface area contributed by atoms with Gasteiger partial charge >= 0.3 is 0 Å². The van der Waals surface area contributed by atoms with Crippen LogP contribution < -0.4 is 19.5 Å². The van der Waals surface area contributed by atoms with Crippen LogP contribution in [0.2, 0.25) is 0 Å². The van der Waals surface area contributed by atoms with E-state index in [1.54, 1.807) is 66.7 Å². The van der Waals surface area contributed by atoms with Gasteiger partial charge in [0.05, 0.1) is 19.8 Å². The lowest BCUT2D eigenvalue weighted by atomic mass is 10.1. The predicted molar refractivity (Wildman–Crippen MR) is 131 cm³/mol. The van der Waals surface area contributed by atoms with Gasteiger partial charge in [0.15, 0.2) is 23.9 Å². The summed E-state index contributed by atoms with van der Waals surface area (Å²) >= 11 is 3.32. The van der Waals surface area contributed by atoms with Gasteiger partial charge in [0, 0.05) is 16.1 Å². The molecule has 0 aliphatic carbocycles. The van der Waals surface area contributed by atoms with Gasteiger partial charge in [0.1, 0.15) is 5.75 Å². The number of imide groups is 1. The van der Waals surface area contributed by atoms with E-state index in [1.165, 1.54) is 26.4 Å². The summed E-state index contributed by atoms with van der Waals surface area (Å²) in [6, 6.07) is 18.4. The summed E-state index contributed by atoms with van der Waals surface area (Å²) in [6.45, 7) is -0.251. The normalized spacial score (nSPS) is 10.6. The van der Waals surface area contributed by atoms with E-state index in [9.17, 15) is 14.4 Å². The molecule has 0 heterocycles. The van der Waals surface area contributed by atoms with Crippen molar-refractivity contribution in [1.29, 1.82) is 0 Å². The fourth-order valence-corrected chi connectivity index (χ4v) is 3.26. The van der Waals surface area contributed by atoms with Gasteiger partial charge in [-0.1, -0.05) is 46.3 Å². The van der Waals surface area contributed by atoms with Gasteiger partial charge < -0.3 is 14.2 Å². The fourth-order valence-electron chi connectivity index (χ4n) is 2.99. The monoisotopic (exact) mass is 523 g/mol. The van der Waals surface area contributed by atoms with Crippen LogP contribution in [-0.4, -0.2) is 38.4 Å². The number of amides is 2. The number of nitrogens with one attached hydrogen (secondary N) is 1. The summed E-state index contributed by atoms with van der Waals surface area (Å²) in [5.41, 5.74) is 1.31. The van der Waals surface area contributed by atoms with Crippen molar-refractivity contribution in [3.05, 3.63) is 94.0 Å². The van der Waals surface area contributed by atoms with Crippen molar-refractivity contribution in [2.24, 2.45) is 0 Å². The molecule has 34 heavy (non-hydrogen) atoms. The van der Waals surface area contributed by atoms with Crippen molar-refractivity contribution in [3.8, 4) is 17.2 Å². The molecule has 3 aromatic carbocycles. The number of ketones is 1. The zero-order valence-electron chi connectivity index (χ0n) is 18.5. The van der Waals surface area contributed by atoms with Crippen molar-refractivity contribution < 1.29 is 28.6 Å². The Hall–Kier alpha value is -3.91. The summed E-state index contributed by atoms with van der Waals surface area (Å²) in [7, 11) is 3.05. The number of halogens is 1. The van der Waals surface area contributed by atoms with Crippen molar-refractivity contribution >= 4 is 39.6 Å². The third kappa shape index (κ3) is 6.55. The SMILES string of the molecule is COc1ccc(C=CC(=O)NC(=O)c2ccccc2OCC(=O)c2ccc(Br)cc2)cc1OC. The lowest BCUT2D eigenvalue weighted by Gasteiger charge is -2.10. The molecule has 0 aliphatic rings. The lowest BCUT2D eigenvalue weighted by Crippen LogP contribution is -2.29. The molecule has 2 amide bonds. The van der Waals surface area contributed by atoms with Crippen molar-refractivity contribution in [3.63, 3.8) is 0 Å². The Balaban J connectivity index is 1.63. The van der Waals surface area contributed by atoms with E-state index >= 15 is 0 Å². The van der Waals surface area contributed by atoms with Crippen LogP contribution in [0.25, 0.3) is 6.08 Å². The highest BCUT2D eigenvalue weighted by molar-refractivity contribution is 9.10. The van der Waals surface area contributed by atoms with Crippen molar-refractivity contribution in [2.45, 2.75) is 0 Å². The van der Waals surface area contributed by atoms with E-state index in [0.717, 1.165) is 4.47 Å². The van der Waals surface area contributed by atoms with E-state index in [1.807, 2.05) is 0 Å². The van der Waals surface area contributed by atoms with E-state index in [0.29, 0.717) is 22.6 Å². The first kappa shape index (κ1) is 24.7. The molecule has 0 saturated carbocycles. The molecule has 0 aliphatic heterocycles. The van der Waals surface area contributed by atoms with Gasteiger partial charge in [-0.25, -0.2) is 0 Å². The molecule has 0 unspecified atom stereocenters. The van der Waals surface area contributed by atoms with Gasteiger partial charge in [-0.05, 0) is 48.0 Å². The van der Waals surface area contributed by atoms with Crippen molar-refractivity contribution in [2.75, 3.05) is 20.8 Å². The third-order valence-corrected chi connectivity index (χ3v) is 5.26. The summed E-state index contributed by atoms with van der Waals surface area (Å²) in [4.78, 5) is 37.3. The molecule has 0 saturated heterocycles. The Bertz CT molecular complexity index is 1220. The van der Waals surface area contributed by atoms with Gasteiger partial charge in [0.2, 0.25) is 0 Å². The zero-order chi connectivity index (χ0) is 24.5. The molecule has 0 atom stereocenters. The average Bonchev–Trinajstić information content (AvgIpc) is 2.86. The van der Waals surface area contributed by atoms with Crippen LogP contribution in [0.4, 0.5) is 0 Å². The molecular weight excluding hydrogens is 502 g/mol. The fraction of sp³-hybridized carbons (Fsp3) is 0.115. The second-order valence-corrected chi connectivity index (χ2v) is 7.90. The van der Waals surface area contributed by atoms with E-state index in [-0.39, 0.29) is 23.7 Å². The highest BCUT2D eigenvalue weighted by Crippen LogP contribution is 2.28. The third-order valence-electron chi connectivity index (χ3n) is 4.73. The second kappa shape index (κ2) is 11.8. The van der Waals surface area contributed by atoms with Crippen LogP contribution in [-0.2, 0) is 4.79 Å². The molecule has 0 fully saturated rings. The Morgan fingerprint density at radius 2 is 1.59 bits per heavy atom. The van der Waals surface area contributed by atoms with E-state index in [2.05, 4.69) is 21.2 Å². The molecule has 8 heteroatoms. The first-order chi connectivity index (χ1) is 16.4. The highest BCUT2D eigenvalue weighted by atomic mass is 79.9. The maximum absolute atomic E-state index is 12.7. The highest BCUT2D eigenvalue weighted by Gasteiger charge is 2.15. The van der Waals surface area contributed by atoms with Gasteiger partial charge in [-0.2, -0.15) is 0 Å². The van der Waals surface area contributed by atoms with E-state index < -0.39 is 11.8 Å². The summed E-state index contributed by atoms with van der Waals surface area (Å²) < 4.78 is 16.9. The maximum atomic E-state index is 12.7. The number of hydrogen-bond acceptors (Lipinski definition) is 6. The maximum Gasteiger partial charge on any atom is 0.261 e. The second-order valence-electron chi connectivity index (χ2n) is 6.98. The van der Waals surface area contributed by atoms with Crippen LogP contribution >= 0.6 is 15.9 Å². The molecule has 3 rings (SSSR count). The first-order valence-electron chi connectivity index (χ1n) is 10.2. The number of hydrogen-bond donors (Lipinski definition) is 1. The molecular formula is C26H22BrNO6. The smallest absolute Gasteiger partial charge is 0.261 e. The van der Waals surface area contributed by atoms with Crippen LogP contribution in [0, 0.1) is 0 Å². The Labute approximate surface area is 205 Å². The molecule has 0 radical (unpaired) electrons. The number of carbonyl (C=O) groups excluding carboxylic acids is 3. The average molecular weight is 524 g/mol. The van der Waals surface area contributed by atoms with Crippen LogP contribution in [0.1, 0.15) is 26.3 Å². The first-order valence-corrected chi connectivity index (χ1v) is 11.0. The Morgan fingerprint density at radius 1 is 0.882 bits per heavy atom. The molecule has 0 aromatic heterocycles. The van der Waals surface area contributed by atoms with Crippen molar-refractivity contribution in [1.82, 2.24) is 5.32 Å². The summed E-state index contributed by atoms with van der Waals surface area (Å²) in [6.07, 6.45) is 2.78. The van der Waals surface area contributed by atoms with Gasteiger partial charge in [-0.15, -0.1) is 0 Å². The van der Waals surface area contributed by atoms with E-state index in [4.69, 9.17) is 14.2 Å². The number of carbonyl (C=O) groups is 3. The number of rotatable bonds is 9. The van der Waals surface area contributed by atoms with Crippen LogP contribution in [0.15, 0.2) is 77.3 Å². The standard InChI is InChI=1S/C26H22BrNO6/c1-32-23-13-7-17(15-24(23)33-2)8-14-25(30)28-26(31)20-5-3-4-6-22(20)34-16-21(29)18-9-11-19(27)12-10-18/h3-15H,16H2,1-2H3,(H,28,30,31).